The number of nitrogens with two attached hydrogens (primary N) is 1. The molecule has 0 saturated heterocycles. The highest BCUT2D eigenvalue weighted by Crippen LogP contribution is 2.28. The zero-order valence-electron chi connectivity index (χ0n) is 11.2. The second kappa shape index (κ2) is 5.10. The molecule has 100 valence electrons. The van der Waals surface area contributed by atoms with E-state index in [1.54, 1.807) is 4.68 Å². The molecule has 2 rings (SSSR count). The zero-order valence-corrected chi connectivity index (χ0v) is 11.2. The summed E-state index contributed by atoms with van der Waals surface area (Å²) < 4.78 is 1.74. The van der Waals surface area contributed by atoms with Crippen LogP contribution in [0, 0.1) is 13.8 Å². The lowest BCUT2D eigenvalue weighted by Crippen LogP contribution is -2.52. The molecule has 0 radical (unpaired) electrons. The van der Waals surface area contributed by atoms with E-state index < -0.39 is 0 Å². The summed E-state index contributed by atoms with van der Waals surface area (Å²) in [5, 5.41) is 7.40. The molecule has 0 aliphatic heterocycles. The summed E-state index contributed by atoms with van der Waals surface area (Å²) >= 11 is 0. The van der Waals surface area contributed by atoms with E-state index in [9.17, 15) is 4.79 Å². The molecule has 0 aromatic carbocycles. The average Bonchev–Trinajstić information content (AvgIpc) is 2.87. The molecule has 5 nitrogen and oxygen atoms in total. The molecular weight excluding hydrogens is 228 g/mol. The maximum Gasteiger partial charge on any atom is 0.242 e. The van der Waals surface area contributed by atoms with Crippen LogP contribution in [0.2, 0.25) is 0 Å². The molecule has 0 unspecified atom stereocenters. The van der Waals surface area contributed by atoms with Crippen LogP contribution < -0.4 is 11.1 Å². The fraction of sp³-hybridized carbons (Fsp3) is 0.692. The Morgan fingerprint density at radius 3 is 2.67 bits per heavy atom. The molecule has 1 amide bonds. The summed E-state index contributed by atoms with van der Waals surface area (Å²) in [7, 11) is 0. The highest BCUT2D eigenvalue weighted by molar-refractivity contribution is 5.76. The molecule has 0 atom stereocenters. The van der Waals surface area contributed by atoms with Crippen molar-refractivity contribution in [1.29, 1.82) is 0 Å². The van der Waals surface area contributed by atoms with Gasteiger partial charge in [0.05, 0.1) is 11.2 Å². The van der Waals surface area contributed by atoms with E-state index in [2.05, 4.69) is 10.4 Å². The van der Waals surface area contributed by atoms with Crippen LogP contribution in [0.25, 0.3) is 0 Å². The Balaban J connectivity index is 1.98. The summed E-state index contributed by atoms with van der Waals surface area (Å²) in [6.07, 6.45) is 4.29. The largest absolute Gasteiger partial charge is 0.348 e. The predicted octanol–water partition coefficient (Wildman–Crippen LogP) is 0.888. The normalized spacial score (nSPS) is 17.9. The lowest BCUT2D eigenvalue weighted by Gasteiger charge is -2.28. The minimum absolute atomic E-state index is 0.00792. The first-order valence-corrected chi connectivity index (χ1v) is 6.57. The van der Waals surface area contributed by atoms with Gasteiger partial charge in [0.2, 0.25) is 5.91 Å². The average molecular weight is 250 g/mol. The molecular formula is C13H22N4O. The number of rotatable bonds is 4. The van der Waals surface area contributed by atoms with Gasteiger partial charge in [0.1, 0.15) is 6.54 Å². The van der Waals surface area contributed by atoms with Crippen molar-refractivity contribution in [1.82, 2.24) is 15.1 Å². The maximum absolute atomic E-state index is 12.1. The van der Waals surface area contributed by atoms with Crippen LogP contribution in [0.3, 0.4) is 0 Å². The van der Waals surface area contributed by atoms with Crippen LogP contribution in [-0.2, 0) is 11.3 Å². The summed E-state index contributed by atoms with van der Waals surface area (Å²) in [5.74, 6) is 0.00792. The fourth-order valence-electron chi connectivity index (χ4n) is 2.74. The number of hydrogen-bond donors (Lipinski definition) is 2. The number of hydrogen-bond acceptors (Lipinski definition) is 3. The van der Waals surface area contributed by atoms with Crippen molar-refractivity contribution < 1.29 is 4.79 Å². The molecule has 1 aliphatic carbocycles. The second-order valence-electron chi connectivity index (χ2n) is 5.32. The second-order valence-corrected chi connectivity index (χ2v) is 5.32. The molecule has 18 heavy (non-hydrogen) atoms. The van der Waals surface area contributed by atoms with Crippen LogP contribution in [0.1, 0.15) is 37.1 Å². The van der Waals surface area contributed by atoms with E-state index in [-0.39, 0.29) is 18.0 Å². The molecule has 1 saturated carbocycles. The number of carbonyl (C=O) groups is 1. The Labute approximate surface area is 108 Å². The number of aromatic nitrogens is 2. The SMILES string of the molecule is Cc1cc(C)n(CC(=O)NC2(CN)CCCC2)n1. The summed E-state index contributed by atoms with van der Waals surface area (Å²) in [6.45, 7) is 4.69. The van der Waals surface area contributed by atoms with E-state index >= 15 is 0 Å². The minimum Gasteiger partial charge on any atom is -0.348 e. The zero-order chi connectivity index (χ0) is 13.2. The first-order chi connectivity index (χ1) is 8.54. The van der Waals surface area contributed by atoms with Crippen LogP contribution in [0.15, 0.2) is 6.07 Å². The third-order valence-corrected chi connectivity index (χ3v) is 3.75. The van der Waals surface area contributed by atoms with Crippen molar-refractivity contribution >= 4 is 5.91 Å². The Morgan fingerprint density at radius 1 is 1.50 bits per heavy atom. The third kappa shape index (κ3) is 2.72. The van der Waals surface area contributed by atoms with Gasteiger partial charge in [-0.25, -0.2) is 0 Å². The third-order valence-electron chi connectivity index (χ3n) is 3.75. The van der Waals surface area contributed by atoms with Crippen molar-refractivity contribution in [3.63, 3.8) is 0 Å². The van der Waals surface area contributed by atoms with Gasteiger partial charge in [0.15, 0.2) is 0 Å². The molecule has 1 fully saturated rings. The van der Waals surface area contributed by atoms with Crippen molar-refractivity contribution in [2.24, 2.45) is 5.73 Å². The molecule has 1 heterocycles. The van der Waals surface area contributed by atoms with Crippen LogP contribution in [0.4, 0.5) is 0 Å². The Morgan fingerprint density at radius 2 is 2.17 bits per heavy atom. The fourth-order valence-corrected chi connectivity index (χ4v) is 2.74. The Bertz CT molecular complexity index is 432. The van der Waals surface area contributed by atoms with E-state index in [0.29, 0.717) is 6.54 Å². The number of carbonyl (C=O) groups excluding carboxylic acids is 1. The first-order valence-electron chi connectivity index (χ1n) is 6.57. The Kier molecular flexibility index (Phi) is 3.71. The van der Waals surface area contributed by atoms with Gasteiger partial charge in [0.25, 0.3) is 0 Å². The molecule has 3 N–H and O–H groups in total. The topological polar surface area (TPSA) is 72.9 Å². The monoisotopic (exact) mass is 250 g/mol. The van der Waals surface area contributed by atoms with Crippen molar-refractivity contribution in [2.75, 3.05) is 6.54 Å². The highest BCUT2D eigenvalue weighted by atomic mass is 16.2. The lowest BCUT2D eigenvalue weighted by molar-refractivity contribution is -0.123. The summed E-state index contributed by atoms with van der Waals surface area (Å²) in [4.78, 5) is 12.1. The standard InChI is InChI=1S/C13H22N4O/c1-10-7-11(2)17(16-10)8-12(18)15-13(9-14)5-3-4-6-13/h7H,3-6,8-9,14H2,1-2H3,(H,15,18). The number of nitrogens with one attached hydrogen (secondary N) is 1. The molecule has 1 aromatic heterocycles. The molecule has 0 bridgehead atoms. The van der Waals surface area contributed by atoms with Gasteiger partial charge in [-0.3, -0.25) is 9.48 Å². The number of nitrogens with zero attached hydrogens (tertiary/aromatic N) is 2. The van der Waals surface area contributed by atoms with Gasteiger partial charge in [-0.2, -0.15) is 5.10 Å². The molecule has 0 spiro atoms. The van der Waals surface area contributed by atoms with Crippen molar-refractivity contribution in [3.05, 3.63) is 17.5 Å². The van der Waals surface area contributed by atoms with E-state index in [1.165, 1.54) is 0 Å². The lowest BCUT2D eigenvalue weighted by atomic mass is 9.98. The van der Waals surface area contributed by atoms with Gasteiger partial charge in [-0.15, -0.1) is 0 Å². The molecule has 1 aliphatic rings. The Hall–Kier alpha value is -1.36. The predicted molar refractivity (Wildman–Crippen MR) is 70.1 cm³/mol. The van der Waals surface area contributed by atoms with Crippen molar-refractivity contribution in [2.45, 2.75) is 51.6 Å². The van der Waals surface area contributed by atoms with Crippen LogP contribution in [-0.4, -0.2) is 27.8 Å². The summed E-state index contributed by atoms with van der Waals surface area (Å²) in [6, 6.07) is 1.97. The van der Waals surface area contributed by atoms with E-state index in [4.69, 9.17) is 5.73 Å². The molecule has 1 aromatic rings. The maximum atomic E-state index is 12.1. The minimum atomic E-state index is -0.173. The highest BCUT2D eigenvalue weighted by Gasteiger charge is 2.33. The number of aryl methyl sites for hydroxylation is 2. The summed E-state index contributed by atoms with van der Waals surface area (Å²) in [5.41, 5.74) is 7.58. The van der Waals surface area contributed by atoms with E-state index in [1.807, 2.05) is 19.9 Å². The smallest absolute Gasteiger partial charge is 0.242 e. The van der Waals surface area contributed by atoms with Gasteiger partial charge < -0.3 is 11.1 Å². The quantitative estimate of drug-likeness (QED) is 0.833. The van der Waals surface area contributed by atoms with Crippen LogP contribution >= 0.6 is 0 Å². The van der Waals surface area contributed by atoms with Gasteiger partial charge in [-0.1, -0.05) is 12.8 Å². The van der Waals surface area contributed by atoms with Gasteiger partial charge >= 0.3 is 0 Å². The number of amides is 1. The van der Waals surface area contributed by atoms with Gasteiger partial charge in [0, 0.05) is 12.2 Å². The molecule has 5 heteroatoms. The van der Waals surface area contributed by atoms with Gasteiger partial charge in [-0.05, 0) is 32.8 Å². The van der Waals surface area contributed by atoms with Crippen molar-refractivity contribution in [3.8, 4) is 0 Å². The van der Waals surface area contributed by atoms with E-state index in [0.717, 1.165) is 37.1 Å². The first kappa shape index (κ1) is 13.1. The van der Waals surface area contributed by atoms with Crippen LogP contribution in [0.5, 0.6) is 0 Å².